The number of hydrogen-bond acceptors (Lipinski definition) is 3. The number of aromatic nitrogens is 2. The number of nitrogen functional groups attached to an aromatic ring is 1. The maximum atomic E-state index is 10.6. The molecule has 0 aliphatic heterocycles. The van der Waals surface area contributed by atoms with Gasteiger partial charge in [-0.3, -0.25) is 0 Å². The Bertz CT molecular complexity index is 850. The predicted molar refractivity (Wildman–Crippen MR) is 88.5 cm³/mol. The van der Waals surface area contributed by atoms with Crippen LogP contribution in [-0.4, -0.2) is 14.7 Å². The second-order valence-corrected chi connectivity index (χ2v) is 6.57. The average Bonchev–Trinajstić information content (AvgIpc) is 3.08. The molecule has 0 bridgehead atoms. The molecule has 0 spiro atoms. The van der Waals surface area contributed by atoms with Crippen LogP contribution in [0, 0.1) is 0 Å². The Morgan fingerprint density at radius 2 is 2.05 bits per heavy atom. The van der Waals surface area contributed by atoms with Gasteiger partial charge >= 0.3 is 0 Å². The molecule has 5 heteroatoms. The molecule has 0 amide bonds. The van der Waals surface area contributed by atoms with Crippen molar-refractivity contribution in [2.45, 2.75) is 31.7 Å². The Kier molecular flexibility index (Phi) is 2.85. The fourth-order valence-corrected chi connectivity index (χ4v) is 3.86. The predicted octanol–water partition coefficient (Wildman–Crippen LogP) is 4.35. The van der Waals surface area contributed by atoms with Gasteiger partial charge < -0.3 is 15.4 Å². The normalized spacial score (nSPS) is 16.2. The molecule has 2 heterocycles. The third-order valence-corrected chi connectivity index (χ3v) is 5.12. The van der Waals surface area contributed by atoms with Crippen LogP contribution in [0.5, 0.6) is 5.88 Å². The van der Waals surface area contributed by atoms with Crippen molar-refractivity contribution < 1.29 is 5.11 Å². The third-order valence-electron chi connectivity index (χ3n) is 4.48. The highest BCUT2D eigenvalue weighted by molar-refractivity contribution is 9.10. The Morgan fingerprint density at radius 3 is 2.81 bits per heavy atom. The minimum Gasteiger partial charge on any atom is -0.494 e. The molecule has 1 aromatic carbocycles. The van der Waals surface area contributed by atoms with E-state index in [9.17, 15) is 5.11 Å². The van der Waals surface area contributed by atoms with Crippen molar-refractivity contribution >= 4 is 43.4 Å². The van der Waals surface area contributed by atoms with Crippen LogP contribution in [0.2, 0.25) is 0 Å². The molecule has 3 N–H and O–H groups in total. The lowest BCUT2D eigenvalue weighted by Crippen LogP contribution is -2.01. The Hall–Kier alpha value is -1.75. The largest absolute Gasteiger partial charge is 0.494 e. The fourth-order valence-electron chi connectivity index (χ4n) is 3.41. The van der Waals surface area contributed by atoms with Crippen LogP contribution in [0.25, 0.3) is 21.8 Å². The van der Waals surface area contributed by atoms with E-state index < -0.39 is 0 Å². The first kappa shape index (κ1) is 13.0. The molecule has 0 radical (unpaired) electrons. The molecule has 108 valence electrons. The summed E-state index contributed by atoms with van der Waals surface area (Å²) in [6, 6.07) is 6.19. The van der Waals surface area contributed by atoms with Crippen LogP contribution >= 0.6 is 15.9 Å². The van der Waals surface area contributed by atoms with Crippen molar-refractivity contribution in [2.75, 3.05) is 5.73 Å². The summed E-state index contributed by atoms with van der Waals surface area (Å²) in [5.74, 6) is 0.253. The van der Waals surface area contributed by atoms with Gasteiger partial charge in [0, 0.05) is 22.1 Å². The molecule has 0 saturated heterocycles. The van der Waals surface area contributed by atoms with Gasteiger partial charge in [0.05, 0.1) is 22.1 Å². The lowest BCUT2D eigenvalue weighted by Gasteiger charge is -2.12. The number of pyridine rings is 1. The van der Waals surface area contributed by atoms with Crippen molar-refractivity contribution in [1.82, 2.24) is 9.55 Å². The molecule has 21 heavy (non-hydrogen) atoms. The van der Waals surface area contributed by atoms with Gasteiger partial charge in [-0.2, -0.15) is 0 Å². The van der Waals surface area contributed by atoms with E-state index in [1.54, 1.807) is 0 Å². The second-order valence-electron chi connectivity index (χ2n) is 5.72. The van der Waals surface area contributed by atoms with Crippen LogP contribution < -0.4 is 5.73 Å². The summed E-state index contributed by atoms with van der Waals surface area (Å²) < 4.78 is 2.87. The lowest BCUT2D eigenvalue weighted by atomic mass is 10.1. The van der Waals surface area contributed by atoms with Gasteiger partial charge in [-0.25, -0.2) is 4.98 Å². The number of benzene rings is 1. The molecule has 4 rings (SSSR count). The second kappa shape index (κ2) is 4.63. The molecule has 1 aliphatic rings. The topological polar surface area (TPSA) is 64.1 Å². The molecule has 0 unspecified atom stereocenters. The first-order valence-electron chi connectivity index (χ1n) is 7.24. The zero-order valence-corrected chi connectivity index (χ0v) is 13.1. The number of nitrogens with two attached hydrogens (primary N) is 1. The third kappa shape index (κ3) is 1.83. The number of fused-ring (bicyclic) bond motifs is 2. The summed E-state index contributed by atoms with van der Waals surface area (Å²) in [4.78, 5) is 4.68. The van der Waals surface area contributed by atoms with E-state index in [1.807, 2.05) is 29.0 Å². The summed E-state index contributed by atoms with van der Waals surface area (Å²) in [7, 11) is 0. The molecule has 0 atom stereocenters. The number of hydrogen-bond donors (Lipinski definition) is 2. The molecule has 1 fully saturated rings. The minimum absolute atomic E-state index is 0.253. The average molecular weight is 346 g/mol. The van der Waals surface area contributed by atoms with Gasteiger partial charge in [-0.05, 0) is 34.8 Å². The summed E-state index contributed by atoms with van der Waals surface area (Å²) in [5, 5.41) is 12.1. The van der Waals surface area contributed by atoms with Gasteiger partial charge in [0.15, 0.2) is 0 Å². The Morgan fingerprint density at radius 1 is 1.29 bits per heavy atom. The van der Waals surface area contributed by atoms with E-state index in [4.69, 9.17) is 5.73 Å². The minimum atomic E-state index is 0.253. The van der Waals surface area contributed by atoms with Gasteiger partial charge in [-0.1, -0.05) is 25.0 Å². The molecule has 2 aromatic heterocycles. The number of rotatable bonds is 1. The number of nitrogens with zero attached hydrogens (tertiary/aromatic N) is 2. The summed E-state index contributed by atoms with van der Waals surface area (Å²) in [6.07, 6.45) is 6.59. The summed E-state index contributed by atoms with van der Waals surface area (Å²) in [6.45, 7) is 0. The van der Waals surface area contributed by atoms with Gasteiger partial charge in [0.25, 0.3) is 0 Å². The highest BCUT2D eigenvalue weighted by Gasteiger charge is 2.23. The van der Waals surface area contributed by atoms with E-state index in [-0.39, 0.29) is 5.88 Å². The molecule has 3 aromatic rings. The summed E-state index contributed by atoms with van der Waals surface area (Å²) >= 11 is 3.52. The highest BCUT2D eigenvalue weighted by Crippen LogP contribution is 2.41. The maximum Gasteiger partial charge on any atom is 0.203 e. The van der Waals surface area contributed by atoms with Gasteiger partial charge in [0.1, 0.15) is 0 Å². The standard InChI is InChI=1S/C16H16BrN3O/c17-11-7-3-6-10-14(18)13-12(19-15(10)11)8-20(16(13)21)9-4-1-2-5-9/h3,6-9,21H,1-2,4-5,18H2. The maximum absolute atomic E-state index is 10.6. The Labute approximate surface area is 130 Å². The van der Waals surface area contributed by atoms with E-state index >= 15 is 0 Å². The first-order chi connectivity index (χ1) is 10.2. The van der Waals surface area contributed by atoms with Crippen molar-refractivity contribution in [1.29, 1.82) is 0 Å². The van der Waals surface area contributed by atoms with Crippen molar-refractivity contribution in [3.8, 4) is 5.88 Å². The molecular weight excluding hydrogens is 330 g/mol. The van der Waals surface area contributed by atoms with E-state index in [1.165, 1.54) is 12.8 Å². The zero-order valence-electron chi connectivity index (χ0n) is 11.5. The number of para-hydroxylation sites is 1. The van der Waals surface area contributed by atoms with Crippen molar-refractivity contribution in [3.63, 3.8) is 0 Å². The van der Waals surface area contributed by atoms with Crippen LogP contribution in [0.15, 0.2) is 28.9 Å². The van der Waals surface area contributed by atoms with Crippen LogP contribution in [0.3, 0.4) is 0 Å². The first-order valence-corrected chi connectivity index (χ1v) is 8.03. The quantitative estimate of drug-likeness (QED) is 0.688. The molecule has 1 aliphatic carbocycles. The zero-order chi connectivity index (χ0) is 14.6. The SMILES string of the molecule is Nc1c2cccc(Br)c2nc2cn(C3CCCC3)c(O)c12. The molecular formula is C16H16BrN3O. The van der Waals surface area contributed by atoms with Crippen LogP contribution in [0.4, 0.5) is 5.69 Å². The number of anilines is 1. The van der Waals surface area contributed by atoms with Crippen LogP contribution in [0.1, 0.15) is 31.7 Å². The Balaban J connectivity index is 2.05. The van der Waals surface area contributed by atoms with Gasteiger partial charge in [-0.15, -0.1) is 0 Å². The van der Waals surface area contributed by atoms with E-state index in [0.717, 1.165) is 33.7 Å². The van der Waals surface area contributed by atoms with E-state index in [2.05, 4.69) is 20.9 Å². The van der Waals surface area contributed by atoms with Crippen molar-refractivity contribution in [3.05, 3.63) is 28.9 Å². The van der Waals surface area contributed by atoms with Crippen LogP contribution in [-0.2, 0) is 0 Å². The van der Waals surface area contributed by atoms with Crippen molar-refractivity contribution in [2.24, 2.45) is 0 Å². The molecule has 1 saturated carbocycles. The summed E-state index contributed by atoms with van der Waals surface area (Å²) in [5.41, 5.74) is 8.50. The fraction of sp³-hybridized carbons (Fsp3) is 0.312. The van der Waals surface area contributed by atoms with E-state index in [0.29, 0.717) is 17.1 Å². The monoisotopic (exact) mass is 345 g/mol. The lowest BCUT2D eigenvalue weighted by molar-refractivity contribution is 0.387. The highest BCUT2D eigenvalue weighted by atomic mass is 79.9. The number of halogens is 1. The van der Waals surface area contributed by atoms with Gasteiger partial charge in [0.2, 0.25) is 5.88 Å². The number of aromatic hydroxyl groups is 1. The molecule has 4 nitrogen and oxygen atoms in total. The smallest absolute Gasteiger partial charge is 0.203 e.